The van der Waals surface area contributed by atoms with E-state index < -0.39 is 0 Å². The van der Waals surface area contributed by atoms with Crippen molar-refractivity contribution in [3.05, 3.63) is 18.0 Å². The van der Waals surface area contributed by atoms with Gasteiger partial charge in [-0.15, -0.1) is 0 Å². The standard InChI is InChI=1S/C14H20N4O/c1-2-11-8-16-13(17-9-11)18-7-3-4-14(10-18)5-6-15-12(14)19/h8-9H,2-7,10H2,1H3,(H,15,19)/t14-/m1/s1. The van der Waals surface area contributed by atoms with E-state index in [9.17, 15) is 4.79 Å². The lowest BCUT2D eigenvalue weighted by Crippen LogP contribution is -2.47. The summed E-state index contributed by atoms with van der Waals surface area (Å²) in [5, 5.41) is 2.96. The second kappa shape index (κ2) is 4.79. The molecule has 1 N–H and O–H groups in total. The third-order valence-electron chi connectivity index (χ3n) is 4.33. The zero-order valence-electron chi connectivity index (χ0n) is 11.4. The molecule has 0 radical (unpaired) electrons. The van der Waals surface area contributed by atoms with Crippen molar-refractivity contribution in [1.82, 2.24) is 15.3 Å². The number of rotatable bonds is 2. The first-order valence-electron chi connectivity index (χ1n) is 7.08. The highest BCUT2D eigenvalue weighted by atomic mass is 16.2. The molecule has 2 fully saturated rings. The van der Waals surface area contributed by atoms with E-state index in [0.29, 0.717) is 0 Å². The van der Waals surface area contributed by atoms with E-state index in [2.05, 4.69) is 27.1 Å². The Labute approximate surface area is 113 Å². The van der Waals surface area contributed by atoms with Crippen LogP contribution in [0.2, 0.25) is 0 Å². The van der Waals surface area contributed by atoms with Gasteiger partial charge in [0.15, 0.2) is 0 Å². The number of aromatic nitrogens is 2. The zero-order chi connectivity index (χ0) is 13.3. The lowest BCUT2D eigenvalue weighted by molar-refractivity contribution is -0.128. The zero-order valence-corrected chi connectivity index (χ0v) is 11.4. The molecule has 1 atom stereocenters. The van der Waals surface area contributed by atoms with E-state index in [1.165, 1.54) is 0 Å². The van der Waals surface area contributed by atoms with E-state index in [4.69, 9.17) is 0 Å². The number of carbonyl (C=O) groups excluding carboxylic acids is 1. The van der Waals surface area contributed by atoms with Crippen LogP contribution in [0.25, 0.3) is 0 Å². The number of hydrogen-bond acceptors (Lipinski definition) is 4. The average molecular weight is 260 g/mol. The highest BCUT2D eigenvalue weighted by molar-refractivity contribution is 5.85. The number of amides is 1. The minimum atomic E-state index is -0.203. The third kappa shape index (κ3) is 2.17. The van der Waals surface area contributed by atoms with Gasteiger partial charge in [0.05, 0.1) is 5.41 Å². The molecule has 0 saturated carbocycles. The van der Waals surface area contributed by atoms with Gasteiger partial charge in [-0.2, -0.15) is 0 Å². The SMILES string of the molecule is CCc1cnc(N2CCC[C@@]3(CCNC3=O)C2)nc1. The quantitative estimate of drug-likeness (QED) is 0.866. The fourth-order valence-electron chi connectivity index (χ4n) is 3.10. The van der Waals surface area contributed by atoms with Crippen molar-refractivity contribution < 1.29 is 4.79 Å². The van der Waals surface area contributed by atoms with Crippen LogP contribution in [0.3, 0.4) is 0 Å². The lowest BCUT2D eigenvalue weighted by Gasteiger charge is -2.38. The number of hydrogen-bond donors (Lipinski definition) is 1. The van der Waals surface area contributed by atoms with Crippen LogP contribution in [0, 0.1) is 5.41 Å². The molecule has 2 aliphatic rings. The van der Waals surface area contributed by atoms with E-state index in [0.717, 1.165) is 56.8 Å². The van der Waals surface area contributed by atoms with Crippen LogP contribution >= 0.6 is 0 Å². The van der Waals surface area contributed by atoms with Crippen molar-refractivity contribution in [2.45, 2.75) is 32.6 Å². The summed E-state index contributed by atoms with van der Waals surface area (Å²) < 4.78 is 0. The van der Waals surface area contributed by atoms with Crippen LogP contribution in [0.1, 0.15) is 31.7 Å². The highest BCUT2D eigenvalue weighted by Gasteiger charge is 2.45. The van der Waals surface area contributed by atoms with Gasteiger partial charge in [-0.3, -0.25) is 4.79 Å². The van der Waals surface area contributed by atoms with E-state index in [-0.39, 0.29) is 11.3 Å². The Morgan fingerprint density at radius 3 is 2.79 bits per heavy atom. The molecule has 1 aromatic heterocycles. The maximum Gasteiger partial charge on any atom is 0.228 e. The average Bonchev–Trinajstić information content (AvgIpc) is 2.80. The molecule has 5 nitrogen and oxygen atoms in total. The summed E-state index contributed by atoms with van der Waals surface area (Å²) in [6.45, 7) is 4.60. The molecule has 3 rings (SSSR count). The maximum absolute atomic E-state index is 12.0. The molecule has 0 unspecified atom stereocenters. The summed E-state index contributed by atoms with van der Waals surface area (Å²) in [4.78, 5) is 23.1. The molecule has 2 saturated heterocycles. The van der Waals surface area contributed by atoms with Crippen LogP contribution in [0.5, 0.6) is 0 Å². The van der Waals surface area contributed by atoms with E-state index >= 15 is 0 Å². The molecule has 0 aliphatic carbocycles. The van der Waals surface area contributed by atoms with Gasteiger partial charge in [0.2, 0.25) is 11.9 Å². The molecule has 0 aromatic carbocycles. The number of piperidine rings is 1. The van der Waals surface area contributed by atoms with Gasteiger partial charge >= 0.3 is 0 Å². The highest BCUT2D eigenvalue weighted by Crippen LogP contribution is 2.37. The first-order valence-corrected chi connectivity index (χ1v) is 7.08. The minimum Gasteiger partial charge on any atom is -0.356 e. The van der Waals surface area contributed by atoms with E-state index in [1.54, 1.807) is 0 Å². The Bertz CT molecular complexity index is 473. The molecule has 102 valence electrons. The fraction of sp³-hybridized carbons (Fsp3) is 0.643. The van der Waals surface area contributed by atoms with Gasteiger partial charge in [-0.25, -0.2) is 9.97 Å². The monoisotopic (exact) mass is 260 g/mol. The molecule has 19 heavy (non-hydrogen) atoms. The number of anilines is 1. The fourth-order valence-corrected chi connectivity index (χ4v) is 3.10. The minimum absolute atomic E-state index is 0.203. The Morgan fingerprint density at radius 2 is 2.16 bits per heavy atom. The van der Waals surface area contributed by atoms with E-state index in [1.807, 2.05) is 12.4 Å². The summed E-state index contributed by atoms with van der Waals surface area (Å²) in [5.74, 6) is 0.971. The lowest BCUT2D eigenvalue weighted by atomic mass is 9.78. The summed E-state index contributed by atoms with van der Waals surface area (Å²) >= 11 is 0. The number of nitrogens with one attached hydrogen (secondary N) is 1. The maximum atomic E-state index is 12.0. The van der Waals surface area contributed by atoms with Crippen LogP contribution in [0.4, 0.5) is 5.95 Å². The molecular formula is C14H20N4O. The topological polar surface area (TPSA) is 58.1 Å². The van der Waals surface area contributed by atoms with Crippen LogP contribution in [0.15, 0.2) is 12.4 Å². The van der Waals surface area contributed by atoms with Crippen LogP contribution < -0.4 is 10.2 Å². The second-order valence-corrected chi connectivity index (χ2v) is 5.56. The summed E-state index contributed by atoms with van der Waals surface area (Å²) in [6.07, 6.45) is 7.69. The van der Waals surface area contributed by atoms with Crippen molar-refractivity contribution in [3.63, 3.8) is 0 Å². The van der Waals surface area contributed by atoms with Crippen molar-refractivity contribution in [2.75, 3.05) is 24.5 Å². The Morgan fingerprint density at radius 1 is 1.37 bits per heavy atom. The Balaban J connectivity index is 1.79. The summed E-state index contributed by atoms with van der Waals surface area (Å²) in [5.41, 5.74) is 0.944. The van der Waals surface area contributed by atoms with Crippen molar-refractivity contribution >= 4 is 11.9 Å². The van der Waals surface area contributed by atoms with Gasteiger partial charge in [0.1, 0.15) is 0 Å². The molecule has 3 heterocycles. The third-order valence-corrected chi connectivity index (χ3v) is 4.33. The number of aryl methyl sites for hydroxylation is 1. The largest absolute Gasteiger partial charge is 0.356 e. The first kappa shape index (κ1) is 12.4. The summed E-state index contributed by atoms with van der Waals surface area (Å²) in [6, 6.07) is 0. The van der Waals surface area contributed by atoms with Gasteiger partial charge in [0, 0.05) is 32.0 Å². The molecule has 1 aromatic rings. The molecule has 1 amide bonds. The number of nitrogens with zero attached hydrogens (tertiary/aromatic N) is 3. The second-order valence-electron chi connectivity index (χ2n) is 5.56. The van der Waals surface area contributed by atoms with Crippen LogP contribution in [-0.2, 0) is 11.2 Å². The normalized spacial score (nSPS) is 26.8. The van der Waals surface area contributed by atoms with Gasteiger partial charge in [-0.05, 0) is 31.2 Å². The molecular weight excluding hydrogens is 240 g/mol. The Kier molecular flexibility index (Phi) is 3.12. The van der Waals surface area contributed by atoms with Crippen molar-refractivity contribution in [1.29, 1.82) is 0 Å². The van der Waals surface area contributed by atoms with Gasteiger partial charge in [0.25, 0.3) is 0 Å². The van der Waals surface area contributed by atoms with Gasteiger partial charge < -0.3 is 10.2 Å². The molecule has 2 aliphatic heterocycles. The molecule has 5 heteroatoms. The molecule has 1 spiro atoms. The van der Waals surface area contributed by atoms with Gasteiger partial charge in [-0.1, -0.05) is 6.92 Å². The van der Waals surface area contributed by atoms with Crippen molar-refractivity contribution in [2.24, 2.45) is 5.41 Å². The van der Waals surface area contributed by atoms with Crippen molar-refractivity contribution in [3.8, 4) is 0 Å². The Hall–Kier alpha value is -1.65. The predicted octanol–water partition coefficient (Wildman–Crippen LogP) is 1.15. The number of carbonyl (C=O) groups is 1. The summed E-state index contributed by atoms with van der Waals surface area (Å²) in [7, 11) is 0. The predicted molar refractivity (Wildman–Crippen MR) is 72.9 cm³/mol. The molecule has 0 bridgehead atoms. The first-order chi connectivity index (χ1) is 9.23. The van der Waals surface area contributed by atoms with Crippen LogP contribution in [-0.4, -0.2) is 35.5 Å². The smallest absolute Gasteiger partial charge is 0.228 e.